The van der Waals surface area contributed by atoms with Crippen LogP contribution in [0.25, 0.3) is 10.1 Å². The molecule has 0 N–H and O–H groups in total. The fourth-order valence-corrected chi connectivity index (χ4v) is 4.12. The molecule has 14 heavy (non-hydrogen) atoms. The Morgan fingerprint density at radius 3 is 3.00 bits per heavy atom. The van der Waals surface area contributed by atoms with E-state index in [2.05, 4.69) is 46.2 Å². The summed E-state index contributed by atoms with van der Waals surface area (Å²) >= 11 is 5.60. The van der Waals surface area contributed by atoms with Gasteiger partial charge in [-0.3, -0.25) is 0 Å². The normalized spacial score (nSPS) is 10.4. The molecule has 4 heteroatoms. The van der Waals surface area contributed by atoms with Gasteiger partial charge in [0.1, 0.15) is 6.07 Å². The van der Waals surface area contributed by atoms with Crippen molar-refractivity contribution in [1.29, 1.82) is 5.26 Å². The van der Waals surface area contributed by atoms with Crippen LogP contribution in [0.4, 0.5) is 0 Å². The number of rotatable bonds is 1. The number of halogens is 1. The van der Waals surface area contributed by atoms with Gasteiger partial charge in [-0.2, -0.15) is 5.26 Å². The molecule has 0 amide bonds. The number of thiophene rings is 1. The summed E-state index contributed by atoms with van der Waals surface area (Å²) < 4.78 is 2.31. The molecular formula is C10H6INS2. The van der Waals surface area contributed by atoms with E-state index >= 15 is 0 Å². The first-order valence-electron chi connectivity index (χ1n) is 3.91. The molecule has 0 aliphatic heterocycles. The zero-order chi connectivity index (χ0) is 10.1. The number of nitriles is 1. The van der Waals surface area contributed by atoms with Crippen molar-refractivity contribution in [3.63, 3.8) is 0 Å². The number of nitrogens with zero attached hydrogens (tertiary/aromatic N) is 1. The molecular weight excluding hydrogens is 325 g/mol. The summed E-state index contributed by atoms with van der Waals surface area (Å²) in [6, 6.07) is 6.44. The summed E-state index contributed by atoms with van der Waals surface area (Å²) in [5.41, 5.74) is 0.809. The van der Waals surface area contributed by atoms with Crippen molar-refractivity contribution in [2.45, 2.75) is 4.90 Å². The van der Waals surface area contributed by atoms with Crippen LogP contribution < -0.4 is 0 Å². The van der Waals surface area contributed by atoms with E-state index in [0.717, 1.165) is 14.0 Å². The third-order valence-corrected chi connectivity index (χ3v) is 4.53. The molecule has 0 aliphatic rings. The molecule has 0 aliphatic carbocycles. The lowest BCUT2D eigenvalue weighted by Gasteiger charge is -2.04. The molecule has 0 bridgehead atoms. The molecule has 1 aromatic carbocycles. The fraction of sp³-hybridized carbons (Fsp3) is 0.100. The van der Waals surface area contributed by atoms with Crippen LogP contribution >= 0.6 is 45.7 Å². The lowest BCUT2D eigenvalue weighted by Crippen LogP contribution is -1.86. The van der Waals surface area contributed by atoms with Crippen molar-refractivity contribution in [2.75, 3.05) is 6.26 Å². The Morgan fingerprint density at radius 2 is 2.36 bits per heavy atom. The molecule has 0 fully saturated rings. The number of hydrogen-bond donors (Lipinski definition) is 0. The van der Waals surface area contributed by atoms with Crippen LogP contribution in [0.15, 0.2) is 22.4 Å². The first-order valence-corrected chi connectivity index (χ1v) is 7.10. The van der Waals surface area contributed by atoms with E-state index in [-0.39, 0.29) is 0 Å². The molecule has 0 spiro atoms. The van der Waals surface area contributed by atoms with Crippen molar-refractivity contribution in [1.82, 2.24) is 0 Å². The van der Waals surface area contributed by atoms with Crippen molar-refractivity contribution in [3.8, 4) is 6.07 Å². The molecule has 1 heterocycles. The van der Waals surface area contributed by atoms with Gasteiger partial charge in [0.2, 0.25) is 0 Å². The van der Waals surface area contributed by atoms with E-state index in [1.165, 1.54) is 10.1 Å². The minimum Gasteiger partial charge on any atom is -0.192 e. The van der Waals surface area contributed by atoms with Gasteiger partial charge >= 0.3 is 0 Å². The molecule has 1 nitrogen and oxygen atoms in total. The summed E-state index contributed by atoms with van der Waals surface area (Å²) in [7, 11) is 0. The molecule has 0 saturated heterocycles. The largest absolute Gasteiger partial charge is 0.192 e. The Balaban J connectivity index is 2.91. The van der Waals surface area contributed by atoms with E-state index in [0.29, 0.717) is 0 Å². The van der Waals surface area contributed by atoms with E-state index < -0.39 is 0 Å². The Hall–Kier alpha value is -0.250. The van der Waals surface area contributed by atoms with Crippen LogP contribution in [-0.2, 0) is 0 Å². The van der Waals surface area contributed by atoms with E-state index in [1.54, 1.807) is 23.1 Å². The molecule has 1 aromatic heterocycles. The molecule has 0 atom stereocenters. The maximum absolute atomic E-state index is 9.06. The lowest BCUT2D eigenvalue weighted by molar-refractivity contribution is 1.40. The van der Waals surface area contributed by atoms with Gasteiger partial charge in [-0.1, -0.05) is 0 Å². The van der Waals surface area contributed by atoms with Crippen LogP contribution in [0.3, 0.4) is 0 Å². The van der Waals surface area contributed by atoms with Gasteiger partial charge in [0.05, 0.1) is 5.56 Å². The van der Waals surface area contributed by atoms with Gasteiger partial charge in [0, 0.05) is 18.6 Å². The second-order valence-corrected chi connectivity index (χ2v) is 5.64. The third-order valence-electron chi connectivity index (χ3n) is 1.98. The SMILES string of the molecule is CSc1c(C#N)c(I)cc2sccc12. The van der Waals surface area contributed by atoms with Crippen molar-refractivity contribution >= 4 is 55.8 Å². The first-order chi connectivity index (χ1) is 6.77. The maximum atomic E-state index is 9.06. The number of fused-ring (bicyclic) bond motifs is 1. The highest BCUT2D eigenvalue weighted by Crippen LogP contribution is 2.35. The topological polar surface area (TPSA) is 23.8 Å². The van der Waals surface area contributed by atoms with Crippen LogP contribution in [0.1, 0.15) is 5.56 Å². The third kappa shape index (κ3) is 1.53. The van der Waals surface area contributed by atoms with Gasteiger partial charge in [0.15, 0.2) is 0 Å². The zero-order valence-corrected chi connectivity index (χ0v) is 11.2. The summed E-state index contributed by atoms with van der Waals surface area (Å²) in [6.07, 6.45) is 2.02. The van der Waals surface area contributed by atoms with Crippen molar-refractivity contribution in [3.05, 3.63) is 26.6 Å². The Morgan fingerprint density at radius 1 is 1.57 bits per heavy atom. The van der Waals surface area contributed by atoms with Gasteiger partial charge in [-0.15, -0.1) is 23.1 Å². The minimum absolute atomic E-state index is 0.809. The maximum Gasteiger partial charge on any atom is 0.101 e. The first kappa shape index (κ1) is 10.3. The standard InChI is InChI=1S/C10H6INS2/c1-13-10-6-2-3-14-9(6)4-8(11)7(10)5-12/h2-4H,1H3. The van der Waals surface area contributed by atoms with Crippen molar-refractivity contribution < 1.29 is 0 Å². The van der Waals surface area contributed by atoms with E-state index in [4.69, 9.17) is 5.26 Å². The molecule has 2 rings (SSSR count). The number of hydrogen-bond acceptors (Lipinski definition) is 3. The molecule has 2 aromatic rings. The monoisotopic (exact) mass is 331 g/mol. The van der Waals surface area contributed by atoms with Crippen LogP contribution in [0, 0.1) is 14.9 Å². The predicted molar refractivity (Wildman–Crippen MR) is 71.0 cm³/mol. The van der Waals surface area contributed by atoms with Gasteiger partial charge < -0.3 is 0 Å². The van der Waals surface area contributed by atoms with Crippen molar-refractivity contribution in [2.24, 2.45) is 0 Å². The second-order valence-electron chi connectivity index (χ2n) is 2.71. The summed E-state index contributed by atoms with van der Waals surface area (Å²) in [5.74, 6) is 0. The molecule has 0 unspecified atom stereocenters. The summed E-state index contributed by atoms with van der Waals surface area (Å²) in [6.45, 7) is 0. The predicted octanol–water partition coefficient (Wildman–Crippen LogP) is 4.10. The summed E-state index contributed by atoms with van der Waals surface area (Å²) in [5, 5.41) is 12.3. The lowest BCUT2D eigenvalue weighted by atomic mass is 10.2. The van der Waals surface area contributed by atoms with Gasteiger partial charge in [0.25, 0.3) is 0 Å². The van der Waals surface area contributed by atoms with Gasteiger partial charge in [-0.05, 0) is 46.4 Å². The highest BCUT2D eigenvalue weighted by molar-refractivity contribution is 14.1. The average molecular weight is 331 g/mol. The van der Waals surface area contributed by atoms with E-state index in [1.807, 2.05) is 6.26 Å². The van der Waals surface area contributed by atoms with Gasteiger partial charge in [-0.25, -0.2) is 0 Å². The summed E-state index contributed by atoms with van der Waals surface area (Å²) in [4.78, 5) is 1.11. The van der Waals surface area contributed by atoms with Crippen LogP contribution in [0.2, 0.25) is 0 Å². The number of thioether (sulfide) groups is 1. The Bertz CT molecular complexity index is 525. The Labute approximate surface area is 104 Å². The van der Waals surface area contributed by atoms with E-state index in [9.17, 15) is 0 Å². The van der Waals surface area contributed by atoms with Crippen LogP contribution in [-0.4, -0.2) is 6.26 Å². The average Bonchev–Trinajstić information content (AvgIpc) is 2.62. The molecule has 70 valence electrons. The zero-order valence-electron chi connectivity index (χ0n) is 7.37. The number of benzene rings is 1. The second kappa shape index (κ2) is 4.09. The smallest absolute Gasteiger partial charge is 0.101 e. The molecule has 0 radical (unpaired) electrons. The highest BCUT2D eigenvalue weighted by atomic mass is 127. The van der Waals surface area contributed by atoms with Crippen LogP contribution in [0.5, 0.6) is 0 Å². The molecule has 0 saturated carbocycles. The minimum atomic E-state index is 0.809. The Kier molecular flexibility index (Phi) is 3.00. The highest BCUT2D eigenvalue weighted by Gasteiger charge is 2.11. The quantitative estimate of drug-likeness (QED) is 0.580. The fourth-order valence-electron chi connectivity index (χ4n) is 1.37.